The second-order valence-corrected chi connectivity index (χ2v) is 3.94. The van der Waals surface area contributed by atoms with E-state index in [9.17, 15) is 9.59 Å². The first kappa shape index (κ1) is 13.9. The second-order valence-electron chi connectivity index (χ2n) is 3.94. The van der Waals surface area contributed by atoms with Crippen LogP contribution >= 0.6 is 0 Å². The van der Waals surface area contributed by atoms with Gasteiger partial charge in [-0.2, -0.15) is 0 Å². The molecule has 1 atom stereocenters. The summed E-state index contributed by atoms with van der Waals surface area (Å²) in [4.78, 5) is 23.4. The van der Waals surface area contributed by atoms with E-state index < -0.39 is 5.91 Å². The molecule has 15 heavy (non-hydrogen) atoms. The number of likely N-dealkylation sites (N-methyl/N-ethyl adjacent to an activating group) is 1. The number of carbonyl (C=O) groups is 2. The van der Waals surface area contributed by atoms with Crippen molar-refractivity contribution in [2.75, 3.05) is 20.1 Å². The molecule has 0 spiro atoms. The molecule has 0 heterocycles. The topological polar surface area (TPSA) is 89.4 Å². The molecule has 2 amide bonds. The van der Waals surface area contributed by atoms with Crippen LogP contribution in [0.4, 0.5) is 0 Å². The molecule has 0 bridgehead atoms. The zero-order chi connectivity index (χ0) is 11.8. The van der Waals surface area contributed by atoms with Gasteiger partial charge >= 0.3 is 0 Å². The van der Waals surface area contributed by atoms with Crippen molar-refractivity contribution >= 4 is 11.8 Å². The Labute approximate surface area is 90.8 Å². The Morgan fingerprint density at radius 3 is 2.40 bits per heavy atom. The summed E-state index contributed by atoms with van der Waals surface area (Å²) in [5, 5.41) is 0. The smallest absolute Gasteiger partial charge is 0.237 e. The second kappa shape index (κ2) is 7.23. The Kier molecular flexibility index (Phi) is 6.70. The number of rotatable bonds is 7. The average Bonchev–Trinajstić information content (AvgIpc) is 2.13. The Bertz CT molecular complexity index is 219. The molecule has 0 aliphatic rings. The van der Waals surface area contributed by atoms with Crippen molar-refractivity contribution in [2.45, 2.75) is 26.2 Å². The quantitative estimate of drug-likeness (QED) is 0.610. The summed E-state index contributed by atoms with van der Waals surface area (Å²) in [7, 11) is 1.58. The molecular weight excluding hydrogens is 194 g/mol. The van der Waals surface area contributed by atoms with Crippen LogP contribution in [0.25, 0.3) is 0 Å². The van der Waals surface area contributed by atoms with E-state index in [2.05, 4.69) is 6.92 Å². The van der Waals surface area contributed by atoms with Gasteiger partial charge in [0.2, 0.25) is 11.8 Å². The van der Waals surface area contributed by atoms with Gasteiger partial charge in [-0.1, -0.05) is 6.92 Å². The number of nitrogens with two attached hydrogens (primary N) is 2. The van der Waals surface area contributed by atoms with E-state index in [1.165, 1.54) is 4.90 Å². The third kappa shape index (κ3) is 6.90. The summed E-state index contributed by atoms with van der Waals surface area (Å²) in [6, 6.07) is 0. The van der Waals surface area contributed by atoms with Crippen LogP contribution in [-0.2, 0) is 9.59 Å². The fourth-order valence-electron chi connectivity index (χ4n) is 1.31. The predicted octanol–water partition coefficient (Wildman–Crippen LogP) is -0.305. The van der Waals surface area contributed by atoms with E-state index in [4.69, 9.17) is 11.5 Å². The van der Waals surface area contributed by atoms with Gasteiger partial charge in [0.05, 0.1) is 6.54 Å². The molecule has 88 valence electrons. The first-order valence-corrected chi connectivity index (χ1v) is 5.19. The number of hydrogen-bond donors (Lipinski definition) is 2. The lowest BCUT2D eigenvalue weighted by atomic mass is 10.0. The maximum absolute atomic E-state index is 11.5. The highest BCUT2D eigenvalue weighted by Gasteiger charge is 2.12. The van der Waals surface area contributed by atoms with Crippen molar-refractivity contribution in [3.63, 3.8) is 0 Å². The first-order valence-electron chi connectivity index (χ1n) is 5.19. The van der Waals surface area contributed by atoms with Crippen LogP contribution in [0.1, 0.15) is 26.2 Å². The normalized spacial score (nSPS) is 12.2. The van der Waals surface area contributed by atoms with Crippen LogP contribution in [0.15, 0.2) is 0 Å². The highest BCUT2D eigenvalue weighted by molar-refractivity contribution is 5.83. The van der Waals surface area contributed by atoms with Crippen LogP contribution in [0, 0.1) is 5.92 Å². The van der Waals surface area contributed by atoms with Crippen molar-refractivity contribution in [3.8, 4) is 0 Å². The standard InChI is InChI=1S/C10H21N3O2/c1-8(5-6-11)3-4-10(15)13(2)7-9(12)14/h8H,3-7,11H2,1-2H3,(H2,12,14). The molecule has 0 rings (SSSR count). The summed E-state index contributed by atoms with van der Waals surface area (Å²) in [6.07, 6.45) is 2.18. The van der Waals surface area contributed by atoms with Gasteiger partial charge in [0, 0.05) is 13.5 Å². The summed E-state index contributed by atoms with van der Waals surface area (Å²) < 4.78 is 0. The van der Waals surface area contributed by atoms with E-state index in [-0.39, 0.29) is 12.5 Å². The molecule has 1 unspecified atom stereocenters. The minimum atomic E-state index is -0.485. The zero-order valence-electron chi connectivity index (χ0n) is 9.53. The molecule has 0 aliphatic heterocycles. The molecule has 4 N–H and O–H groups in total. The van der Waals surface area contributed by atoms with E-state index in [1.807, 2.05) is 0 Å². The number of hydrogen-bond acceptors (Lipinski definition) is 3. The molecule has 0 fully saturated rings. The monoisotopic (exact) mass is 215 g/mol. The Balaban J connectivity index is 3.77. The van der Waals surface area contributed by atoms with Crippen LogP contribution in [0.3, 0.4) is 0 Å². The molecule has 0 radical (unpaired) electrons. The van der Waals surface area contributed by atoms with Crippen molar-refractivity contribution in [1.82, 2.24) is 4.90 Å². The van der Waals surface area contributed by atoms with Gasteiger partial charge in [-0.05, 0) is 25.3 Å². The van der Waals surface area contributed by atoms with Crippen molar-refractivity contribution in [3.05, 3.63) is 0 Å². The van der Waals surface area contributed by atoms with Gasteiger partial charge in [0.25, 0.3) is 0 Å². The number of primary amides is 1. The van der Waals surface area contributed by atoms with Gasteiger partial charge in [-0.3, -0.25) is 9.59 Å². The number of nitrogens with zero attached hydrogens (tertiary/aromatic N) is 1. The third-order valence-electron chi connectivity index (χ3n) is 2.33. The van der Waals surface area contributed by atoms with E-state index >= 15 is 0 Å². The molecule has 5 nitrogen and oxygen atoms in total. The van der Waals surface area contributed by atoms with E-state index in [0.717, 1.165) is 12.8 Å². The lowest BCUT2D eigenvalue weighted by Crippen LogP contribution is -2.35. The van der Waals surface area contributed by atoms with Gasteiger partial charge in [-0.15, -0.1) is 0 Å². The summed E-state index contributed by atoms with van der Waals surface area (Å²) >= 11 is 0. The molecular formula is C10H21N3O2. The number of carbonyl (C=O) groups excluding carboxylic acids is 2. The van der Waals surface area contributed by atoms with Crippen molar-refractivity contribution in [2.24, 2.45) is 17.4 Å². The minimum absolute atomic E-state index is 0.00982. The Hall–Kier alpha value is -1.10. The lowest BCUT2D eigenvalue weighted by molar-refractivity contribution is -0.134. The fraction of sp³-hybridized carbons (Fsp3) is 0.800. The lowest BCUT2D eigenvalue weighted by Gasteiger charge is -2.16. The van der Waals surface area contributed by atoms with Crippen LogP contribution < -0.4 is 11.5 Å². The van der Waals surface area contributed by atoms with E-state index in [1.54, 1.807) is 7.05 Å². The summed E-state index contributed by atoms with van der Waals surface area (Å²) in [6.45, 7) is 2.70. The zero-order valence-corrected chi connectivity index (χ0v) is 9.53. The molecule has 0 aromatic heterocycles. The Morgan fingerprint density at radius 1 is 1.33 bits per heavy atom. The third-order valence-corrected chi connectivity index (χ3v) is 2.33. The SMILES string of the molecule is CC(CCN)CCC(=O)N(C)CC(N)=O. The van der Waals surface area contributed by atoms with Gasteiger partial charge in [0.15, 0.2) is 0 Å². The Morgan fingerprint density at radius 2 is 1.93 bits per heavy atom. The summed E-state index contributed by atoms with van der Waals surface area (Å²) in [5.74, 6) is -0.0838. The molecule has 0 aromatic rings. The predicted molar refractivity (Wildman–Crippen MR) is 58.9 cm³/mol. The van der Waals surface area contributed by atoms with Crippen molar-refractivity contribution in [1.29, 1.82) is 0 Å². The average molecular weight is 215 g/mol. The van der Waals surface area contributed by atoms with Gasteiger partial charge in [-0.25, -0.2) is 0 Å². The minimum Gasteiger partial charge on any atom is -0.368 e. The largest absolute Gasteiger partial charge is 0.368 e. The maximum Gasteiger partial charge on any atom is 0.237 e. The molecule has 0 aliphatic carbocycles. The maximum atomic E-state index is 11.5. The highest BCUT2D eigenvalue weighted by atomic mass is 16.2. The van der Waals surface area contributed by atoms with Gasteiger partial charge in [0.1, 0.15) is 0 Å². The molecule has 5 heteroatoms. The number of amides is 2. The van der Waals surface area contributed by atoms with Crippen LogP contribution in [-0.4, -0.2) is 36.9 Å². The fourth-order valence-corrected chi connectivity index (χ4v) is 1.31. The van der Waals surface area contributed by atoms with Crippen LogP contribution in [0.2, 0.25) is 0 Å². The molecule has 0 saturated heterocycles. The molecule has 0 saturated carbocycles. The molecule has 0 aromatic carbocycles. The summed E-state index contributed by atoms with van der Waals surface area (Å²) in [5.41, 5.74) is 10.4. The first-order chi connectivity index (χ1) is 6.97. The van der Waals surface area contributed by atoms with E-state index in [0.29, 0.717) is 18.9 Å². The van der Waals surface area contributed by atoms with Crippen molar-refractivity contribution < 1.29 is 9.59 Å². The highest BCUT2D eigenvalue weighted by Crippen LogP contribution is 2.09. The van der Waals surface area contributed by atoms with Gasteiger partial charge < -0.3 is 16.4 Å². The van der Waals surface area contributed by atoms with Crippen LogP contribution in [0.5, 0.6) is 0 Å².